The first kappa shape index (κ1) is 17.3. The van der Waals surface area contributed by atoms with Crippen LogP contribution < -0.4 is 0 Å². The van der Waals surface area contributed by atoms with Crippen LogP contribution in [0.25, 0.3) is 0 Å². The first-order chi connectivity index (χ1) is 10.0. The van der Waals surface area contributed by atoms with Gasteiger partial charge in [-0.2, -0.15) is 0 Å². The van der Waals surface area contributed by atoms with Gasteiger partial charge < -0.3 is 0 Å². The maximum atomic E-state index is 14.1. The van der Waals surface area contributed by atoms with Crippen molar-refractivity contribution in [3.63, 3.8) is 0 Å². The second kappa shape index (κ2) is 7.45. The Morgan fingerprint density at radius 2 is 1.67 bits per heavy atom. The van der Waals surface area contributed by atoms with Crippen LogP contribution >= 0.6 is 55.1 Å². The SMILES string of the molecule is Fc1cc(Cl)ccc1CC(CBr)(CBr)c1ccccc1Cl. The summed E-state index contributed by atoms with van der Waals surface area (Å²) >= 11 is 19.3. The van der Waals surface area contributed by atoms with E-state index in [1.807, 2.05) is 24.3 Å². The van der Waals surface area contributed by atoms with Gasteiger partial charge in [0, 0.05) is 26.1 Å². The van der Waals surface area contributed by atoms with Crippen LogP contribution in [-0.2, 0) is 11.8 Å². The predicted octanol–water partition coefficient (Wildman–Crippen LogP) is 6.40. The van der Waals surface area contributed by atoms with Crippen LogP contribution in [0.5, 0.6) is 0 Å². The Morgan fingerprint density at radius 1 is 1.00 bits per heavy atom. The molecule has 0 spiro atoms. The molecule has 0 amide bonds. The lowest BCUT2D eigenvalue weighted by Gasteiger charge is -2.32. The molecule has 0 aliphatic rings. The summed E-state index contributed by atoms with van der Waals surface area (Å²) in [4.78, 5) is 0. The van der Waals surface area contributed by atoms with Gasteiger partial charge in [0.05, 0.1) is 0 Å². The number of rotatable bonds is 5. The number of hydrogen-bond donors (Lipinski definition) is 0. The average molecular weight is 455 g/mol. The Hall–Kier alpha value is -0.0900. The fourth-order valence-corrected chi connectivity index (χ4v) is 4.71. The normalized spacial score (nSPS) is 11.7. The van der Waals surface area contributed by atoms with Crippen LogP contribution in [0.4, 0.5) is 4.39 Å². The topological polar surface area (TPSA) is 0 Å². The molecule has 2 aromatic rings. The quantitative estimate of drug-likeness (QED) is 0.458. The summed E-state index contributed by atoms with van der Waals surface area (Å²) in [5.74, 6) is -0.291. The van der Waals surface area contributed by atoms with Gasteiger partial charge in [-0.25, -0.2) is 4.39 Å². The van der Waals surface area contributed by atoms with Crippen molar-refractivity contribution in [1.82, 2.24) is 0 Å². The third-order valence-electron chi connectivity index (χ3n) is 3.50. The van der Waals surface area contributed by atoms with E-state index in [-0.39, 0.29) is 11.2 Å². The van der Waals surface area contributed by atoms with E-state index in [4.69, 9.17) is 23.2 Å². The third kappa shape index (κ3) is 3.82. The maximum Gasteiger partial charge on any atom is 0.127 e. The second-order valence-corrected chi connectivity index (χ2v) is 6.91. The molecule has 0 unspecified atom stereocenters. The van der Waals surface area contributed by atoms with Gasteiger partial charge in [0.25, 0.3) is 0 Å². The van der Waals surface area contributed by atoms with E-state index in [9.17, 15) is 4.39 Å². The lowest BCUT2D eigenvalue weighted by molar-refractivity contribution is 0.523. The molecule has 0 saturated carbocycles. The Kier molecular flexibility index (Phi) is 6.13. The highest BCUT2D eigenvalue weighted by atomic mass is 79.9. The molecule has 0 bridgehead atoms. The first-order valence-electron chi connectivity index (χ1n) is 6.33. The molecule has 0 heterocycles. The fourth-order valence-electron chi connectivity index (χ4n) is 2.29. The van der Waals surface area contributed by atoms with Crippen molar-refractivity contribution < 1.29 is 4.39 Å². The van der Waals surface area contributed by atoms with Gasteiger partial charge in [-0.05, 0) is 35.7 Å². The Labute approximate surface area is 150 Å². The molecular formula is C16H13Br2Cl2F. The van der Waals surface area contributed by atoms with Crippen LogP contribution in [-0.4, -0.2) is 10.7 Å². The first-order valence-corrected chi connectivity index (χ1v) is 9.33. The van der Waals surface area contributed by atoms with Crippen LogP contribution in [0, 0.1) is 5.82 Å². The molecule has 5 heteroatoms. The minimum absolute atomic E-state index is 0.291. The van der Waals surface area contributed by atoms with Gasteiger partial charge >= 0.3 is 0 Å². The van der Waals surface area contributed by atoms with Gasteiger partial charge in [0.2, 0.25) is 0 Å². The van der Waals surface area contributed by atoms with E-state index in [1.54, 1.807) is 12.1 Å². The highest BCUT2D eigenvalue weighted by Crippen LogP contribution is 2.37. The van der Waals surface area contributed by atoms with E-state index < -0.39 is 0 Å². The molecular weight excluding hydrogens is 442 g/mol. The summed E-state index contributed by atoms with van der Waals surface area (Å²) < 4.78 is 14.1. The van der Waals surface area contributed by atoms with Gasteiger partial charge in [0.1, 0.15) is 5.82 Å². The minimum atomic E-state index is -0.326. The Morgan fingerprint density at radius 3 is 2.24 bits per heavy atom. The molecule has 0 atom stereocenters. The van der Waals surface area contributed by atoms with Crippen molar-refractivity contribution in [2.24, 2.45) is 0 Å². The number of benzene rings is 2. The zero-order valence-electron chi connectivity index (χ0n) is 11.1. The smallest absolute Gasteiger partial charge is 0.127 e. The summed E-state index contributed by atoms with van der Waals surface area (Å²) in [7, 11) is 0. The van der Waals surface area contributed by atoms with E-state index in [0.717, 1.165) is 5.56 Å². The van der Waals surface area contributed by atoms with Gasteiger partial charge in [0.15, 0.2) is 0 Å². The highest BCUT2D eigenvalue weighted by Gasteiger charge is 2.33. The second-order valence-electron chi connectivity index (χ2n) is 4.94. The molecule has 0 aliphatic carbocycles. The number of hydrogen-bond acceptors (Lipinski definition) is 0. The summed E-state index contributed by atoms with van der Waals surface area (Å²) in [6.45, 7) is 0. The molecule has 0 saturated heterocycles. The zero-order valence-corrected chi connectivity index (χ0v) is 15.7. The van der Waals surface area contributed by atoms with E-state index >= 15 is 0 Å². The highest BCUT2D eigenvalue weighted by molar-refractivity contribution is 9.09. The van der Waals surface area contributed by atoms with Crippen molar-refractivity contribution in [1.29, 1.82) is 0 Å². The standard InChI is InChI=1S/C16H13Br2Cl2F/c17-9-16(10-18,13-3-1-2-4-14(13)20)8-11-5-6-12(19)7-15(11)21/h1-7H,8-10H2. The Bertz CT molecular complexity index is 627. The molecule has 0 aromatic heterocycles. The van der Waals surface area contributed by atoms with Crippen LogP contribution in [0.2, 0.25) is 10.0 Å². The summed E-state index contributed by atoms with van der Waals surface area (Å²) in [6, 6.07) is 12.5. The molecule has 2 aromatic carbocycles. The summed E-state index contributed by atoms with van der Waals surface area (Å²) in [6.07, 6.45) is 0.524. The maximum absolute atomic E-state index is 14.1. The van der Waals surface area contributed by atoms with Crippen LogP contribution in [0.15, 0.2) is 42.5 Å². The van der Waals surface area contributed by atoms with Gasteiger partial charge in [-0.3, -0.25) is 0 Å². The molecule has 0 fully saturated rings. The van der Waals surface area contributed by atoms with Crippen molar-refractivity contribution in [3.8, 4) is 0 Å². The number of halogens is 5. The molecule has 0 nitrogen and oxygen atoms in total. The third-order valence-corrected chi connectivity index (χ3v) is 6.21. The lowest BCUT2D eigenvalue weighted by atomic mass is 9.79. The predicted molar refractivity (Wildman–Crippen MR) is 95.8 cm³/mol. The van der Waals surface area contributed by atoms with Gasteiger partial charge in [-0.1, -0.05) is 79.3 Å². The molecule has 21 heavy (non-hydrogen) atoms. The molecule has 112 valence electrons. The Balaban J connectivity index is 2.46. The van der Waals surface area contributed by atoms with E-state index in [2.05, 4.69) is 31.9 Å². The van der Waals surface area contributed by atoms with E-state index in [1.165, 1.54) is 6.07 Å². The summed E-state index contributed by atoms with van der Waals surface area (Å²) in [5.41, 5.74) is 1.29. The largest absolute Gasteiger partial charge is 0.207 e. The van der Waals surface area contributed by atoms with Crippen molar-refractivity contribution in [3.05, 3.63) is 69.5 Å². The molecule has 0 N–H and O–H groups in total. The van der Waals surface area contributed by atoms with Crippen LogP contribution in [0.1, 0.15) is 11.1 Å². The van der Waals surface area contributed by atoms with Crippen molar-refractivity contribution in [2.45, 2.75) is 11.8 Å². The molecule has 0 radical (unpaired) electrons. The zero-order chi connectivity index (χ0) is 15.5. The monoisotopic (exact) mass is 452 g/mol. The lowest BCUT2D eigenvalue weighted by Crippen LogP contribution is -2.33. The molecule has 2 rings (SSSR count). The van der Waals surface area contributed by atoms with Crippen molar-refractivity contribution in [2.75, 3.05) is 10.7 Å². The molecule has 0 aliphatic heterocycles. The fraction of sp³-hybridized carbons (Fsp3) is 0.250. The number of alkyl halides is 2. The summed E-state index contributed by atoms with van der Waals surface area (Å²) in [5, 5.41) is 2.41. The van der Waals surface area contributed by atoms with Gasteiger partial charge in [-0.15, -0.1) is 0 Å². The van der Waals surface area contributed by atoms with Crippen LogP contribution in [0.3, 0.4) is 0 Å². The van der Waals surface area contributed by atoms with Crippen molar-refractivity contribution >= 4 is 55.1 Å². The minimum Gasteiger partial charge on any atom is -0.207 e. The van der Waals surface area contributed by atoms with E-state index in [0.29, 0.717) is 32.7 Å². The average Bonchev–Trinajstić information content (AvgIpc) is 2.48.